The lowest BCUT2D eigenvalue weighted by Crippen LogP contribution is -2.69. The third-order valence-corrected chi connectivity index (χ3v) is 16.6. The van der Waals surface area contributed by atoms with E-state index in [0.717, 1.165) is 64.2 Å². The molecule has 0 radical (unpaired) electrons. The minimum Gasteiger partial charge on any atom is -0.462 e. The molecule has 472 valence electrons. The van der Waals surface area contributed by atoms with E-state index in [4.69, 9.17) is 37.5 Å². The van der Waals surface area contributed by atoms with E-state index in [9.17, 15) is 75.2 Å². The fraction of sp³-hybridized carbons (Fsp3) is 0.964. The van der Waals surface area contributed by atoms with Crippen molar-refractivity contribution >= 4 is 19.8 Å². The lowest BCUT2D eigenvalue weighted by Gasteiger charge is -2.49. The summed E-state index contributed by atoms with van der Waals surface area (Å²) in [5.41, 5.74) is 0. The number of aliphatic hydroxyl groups is 11. The molecule has 2 aliphatic heterocycles. The highest BCUT2D eigenvalue weighted by Gasteiger charge is 2.58. The molecule has 0 bridgehead atoms. The summed E-state index contributed by atoms with van der Waals surface area (Å²) in [6, 6.07) is 0. The number of hydrogen-bond acceptors (Lipinski definition) is 22. The molecular formula is C56H105O23P. The van der Waals surface area contributed by atoms with E-state index in [2.05, 4.69) is 20.8 Å². The smallest absolute Gasteiger partial charge is 0.462 e. The Kier molecular flexibility index (Phi) is 37.0. The predicted octanol–water partition coefficient (Wildman–Crippen LogP) is 4.40. The number of hydrogen-bond donors (Lipinski definition) is 12. The van der Waals surface area contributed by atoms with Crippen molar-refractivity contribution in [1.29, 1.82) is 0 Å². The Balaban J connectivity index is 1.70. The van der Waals surface area contributed by atoms with Gasteiger partial charge in [-0.3, -0.25) is 18.6 Å². The van der Waals surface area contributed by atoms with Crippen molar-refractivity contribution in [1.82, 2.24) is 0 Å². The van der Waals surface area contributed by atoms with Crippen LogP contribution in [0.25, 0.3) is 0 Å². The topological polar surface area (TPSA) is 368 Å². The second kappa shape index (κ2) is 40.7. The molecule has 0 aromatic heterocycles. The van der Waals surface area contributed by atoms with Gasteiger partial charge in [0.25, 0.3) is 0 Å². The molecule has 0 aromatic carbocycles. The van der Waals surface area contributed by atoms with Crippen LogP contribution in [0, 0.1) is 5.92 Å². The molecule has 1 aliphatic carbocycles. The first-order valence-corrected chi connectivity index (χ1v) is 31.8. The van der Waals surface area contributed by atoms with Crippen LogP contribution in [0.3, 0.4) is 0 Å². The minimum atomic E-state index is -5.63. The molecule has 1 saturated carbocycles. The normalized spacial score (nSPS) is 31.6. The van der Waals surface area contributed by atoms with Gasteiger partial charge >= 0.3 is 19.8 Å². The minimum absolute atomic E-state index is 0.0261. The maximum atomic E-state index is 14.0. The molecule has 24 heteroatoms. The summed E-state index contributed by atoms with van der Waals surface area (Å²) >= 11 is 0. The molecule has 12 N–H and O–H groups in total. The van der Waals surface area contributed by atoms with E-state index in [1.165, 1.54) is 96.3 Å². The number of esters is 2. The first kappa shape index (κ1) is 72.7. The van der Waals surface area contributed by atoms with Crippen molar-refractivity contribution in [3.63, 3.8) is 0 Å². The van der Waals surface area contributed by atoms with Gasteiger partial charge in [-0.05, 0) is 18.8 Å². The zero-order valence-corrected chi connectivity index (χ0v) is 48.9. The largest absolute Gasteiger partial charge is 0.472 e. The van der Waals surface area contributed by atoms with Crippen LogP contribution >= 0.6 is 7.82 Å². The summed E-state index contributed by atoms with van der Waals surface area (Å²) in [5, 5.41) is 117. The summed E-state index contributed by atoms with van der Waals surface area (Å²) in [7, 11) is -5.63. The second-order valence-electron chi connectivity index (χ2n) is 22.5. The molecule has 80 heavy (non-hydrogen) atoms. The van der Waals surface area contributed by atoms with Crippen LogP contribution in [0.5, 0.6) is 0 Å². The number of ether oxygens (including phenoxy) is 6. The predicted molar refractivity (Wildman–Crippen MR) is 291 cm³/mol. The van der Waals surface area contributed by atoms with Gasteiger partial charge in [-0.25, -0.2) is 4.57 Å². The summed E-state index contributed by atoms with van der Waals surface area (Å²) in [5.74, 6) is -0.619. The van der Waals surface area contributed by atoms with Gasteiger partial charge in [0.15, 0.2) is 18.7 Å². The number of carbonyl (C=O) groups is 2. The molecule has 0 amide bonds. The highest BCUT2D eigenvalue weighted by Crippen LogP contribution is 2.49. The zero-order chi connectivity index (χ0) is 59.0. The maximum absolute atomic E-state index is 14.0. The number of unbranched alkanes of at least 4 members (excludes halogenated alkanes) is 22. The Labute approximate surface area is 474 Å². The van der Waals surface area contributed by atoms with E-state index < -0.39 is 150 Å². The van der Waals surface area contributed by atoms with E-state index in [1.807, 2.05) is 0 Å². The number of rotatable bonds is 44. The monoisotopic (exact) mass is 1180 g/mol. The summed E-state index contributed by atoms with van der Waals surface area (Å²) < 4.78 is 58.2. The number of carbonyl (C=O) groups excluding carboxylic acids is 2. The van der Waals surface area contributed by atoms with Crippen LogP contribution in [0.4, 0.5) is 0 Å². The van der Waals surface area contributed by atoms with Crippen molar-refractivity contribution in [2.24, 2.45) is 5.92 Å². The van der Waals surface area contributed by atoms with Crippen LogP contribution in [0.2, 0.25) is 0 Å². The maximum Gasteiger partial charge on any atom is 0.472 e. The first-order chi connectivity index (χ1) is 38.3. The highest BCUT2D eigenvalue weighted by molar-refractivity contribution is 7.47. The Hall–Kier alpha value is -1.55. The molecule has 3 rings (SSSR count). The van der Waals surface area contributed by atoms with Crippen molar-refractivity contribution in [3.8, 4) is 0 Å². The SMILES string of the molecule is CCCCCCCCCCCCCCCC(=O)O[C@H](COC(=O)CCCCCCCC[C@H](C)CCCCCCCC)COP(=O)(O)OC1[C@H](O[C@H]2O[C@H](CO)[C@@H](O)[C@H](O)[C@@H]2O)[C@H](O)C(O)[C@H](O)[C@H]1O[C@H]1O[C@H](CO)[C@@H](O)[C@H](O)[C@@H]1O. The van der Waals surface area contributed by atoms with E-state index in [1.54, 1.807) is 0 Å². The Morgan fingerprint density at radius 1 is 0.463 bits per heavy atom. The Morgan fingerprint density at radius 3 is 1.23 bits per heavy atom. The highest BCUT2D eigenvalue weighted by atomic mass is 31.2. The van der Waals surface area contributed by atoms with Crippen LogP contribution < -0.4 is 0 Å². The first-order valence-electron chi connectivity index (χ1n) is 30.3. The van der Waals surface area contributed by atoms with Gasteiger partial charge in [-0.1, -0.05) is 181 Å². The van der Waals surface area contributed by atoms with Crippen molar-refractivity contribution in [2.45, 2.75) is 311 Å². The molecule has 3 aliphatic rings. The average Bonchev–Trinajstić information content (AvgIpc) is 3.46. The lowest BCUT2D eigenvalue weighted by atomic mass is 9.84. The molecule has 3 unspecified atom stereocenters. The van der Waals surface area contributed by atoms with Gasteiger partial charge in [-0.2, -0.15) is 0 Å². The second-order valence-corrected chi connectivity index (χ2v) is 23.9. The molecule has 0 spiro atoms. The van der Waals surface area contributed by atoms with Crippen molar-refractivity contribution in [3.05, 3.63) is 0 Å². The van der Waals surface area contributed by atoms with E-state index in [-0.39, 0.29) is 12.8 Å². The fourth-order valence-corrected chi connectivity index (χ4v) is 11.4. The van der Waals surface area contributed by atoms with Gasteiger partial charge in [0.1, 0.15) is 92.1 Å². The van der Waals surface area contributed by atoms with Crippen molar-refractivity contribution < 1.29 is 113 Å². The fourth-order valence-electron chi connectivity index (χ4n) is 10.4. The molecule has 23 nitrogen and oxygen atoms in total. The van der Waals surface area contributed by atoms with Crippen LogP contribution in [-0.2, 0) is 51.6 Å². The van der Waals surface area contributed by atoms with E-state index in [0.29, 0.717) is 18.8 Å². The quantitative estimate of drug-likeness (QED) is 0.0228. The number of phosphoric ester groups is 1. The molecular weight excluding hydrogens is 1070 g/mol. The van der Waals surface area contributed by atoms with Crippen LogP contribution in [0.15, 0.2) is 0 Å². The molecule has 0 aromatic rings. The Bertz CT molecular complexity index is 1610. The number of phosphoric acid groups is 1. The van der Waals surface area contributed by atoms with Crippen LogP contribution in [0.1, 0.15) is 207 Å². The van der Waals surface area contributed by atoms with Gasteiger partial charge in [0, 0.05) is 12.8 Å². The van der Waals surface area contributed by atoms with E-state index >= 15 is 0 Å². The summed E-state index contributed by atoms with van der Waals surface area (Å²) in [4.78, 5) is 37.6. The summed E-state index contributed by atoms with van der Waals surface area (Å²) in [6.45, 7) is 3.34. The average molecular weight is 1180 g/mol. The van der Waals surface area contributed by atoms with Gasteiger partial charge in [-0.15, -0.1) is 0 Å². The zero-order valence-electron chi connectivity index (χ0n) is 48.0. The standard InChI is InChI=1S/C56H105O23P/c1-4-6-8-10-12-13-14-15-16-17-18-24-28-32-42(60)74-38(35-72-41(59)31-27-23-20-19-22-26-30-37(3)29-25-21-11-9-7-5-2)36-73-80(70,71)79-54-52(77-55-50(68)45(63)43(61)39(33-57)75-55)48(66)47(65)49(67)53(54)78-56-51(69)46(64)44(62)40(34-58)76-56/h37-40,43-58,61-69H,4-36H2,1-3H3,(H,70,71)/t37-,38-,39-,40-,43-,44-,45+,46+,47?,48-,49+,50+,51+,52-,53-,54?,55-,56-/m1/s1. The molecule has 3 fully saturated rings. The Morgan fingerprint density at radius 2 is 0.825 bits per heavy atom. The van der Waals surface area contributed by atoms with Crippen molar-refractivity contribution in [2.75, 3.05) is 26.4 Å². The van der Waals surface area contributed by atoms with Gasteiger partial charge in [0.05, 0.1) is 19.8 Å². The summed E-state index contributed by atoms with van der Waals surface area (Å²) in [6.07, 6.45) is -4.84. The van der Waals surface area contributed by atoms with Crippen LogP contribution in [-0.4, -0.2) is 204 Å². The third kappa shape index (κ3) is 26.4. The number of aliphatic hydroxyl groups excluding tert-OH is 11. The third-order valence-electron chi connectivity index (χ3n) is 15.6. The molecule has 2 saturated heterocycles. The lowest BCUT2D eigenvalue weighted by molar-refractivity contribution is -0.360. The van der Waals surface area contributed by atoms with Gasteiger partial charge < -0.3 is 89.5 Å². The van der Waals surface area contributed by atoms with Gasteiger partial charge in [0.2, 0.25) is 0 Å². The molecule has 19 atom stereocenters. The molecule has 2 heterocycles.